The fourth-order valence-corrected chi connectivity index (χ4v) is 4.10. The summed E-state index contributed by atoms with van der Waals surface area (Å²) < 4.78 is 0. The lowest BCUT2D eigenvalue weighted by molar-refractivity contribution is -0.189. The SMILES string of the molecule is O=C(O)[C@]12C[C@@H]3C[C@H](C[C@](C(=O)O)(C1)C3=O)C2=O. The van der Waals surface area contributed by atoms with E-state index in [0.717, 1.165) is 0 Å². The first-order valence-electron chi connectivity index (χ1n) is 5.89. The van der Waals surface area contributed by atoms with Crippen LogP contribution in [0.3, 0.4) is 0 Å². The Hall–Kier alpha value is -1.72. The number of carbonyl (C=O) groups is 4. The minimum absolute atomic E-state index is 0.0223. The van der Waals surface area contributed by atoms with Crippen LogP contribution < -0.4 is 0 Å². The summed E-state index contributed by atoms with van der Waals surface area (Å²) in [6, 6.07) is 0. The van der Waals surface area contributed by atoms with Crippen LogP contribution in [0.25, 0.3) is 0 Å². The Morgan fingerprint density at radius 3 is 1.67 bits per heavy atom. The van der Waals surface area contributed by atoms with Crippen LogP contribution in [0.1, 0.15) is 25.7 Å². The van der Waals surface area contributed by atoms with Crippen molar-refractivity contribution in [3.8, 4) is 0 Å². The maximum Gasteiger partial charge on any atom is 0.317 e. The molecule has 0 aromatic heterocycles. The van der Waals surface area contributed by atoms with E-state index in [4.69, 9.17) is 0 Å². The van der Waals surface area contributed by atoms with Crippen LogP contribution >= 0.6 is 0 Å². The van der Waals surface area contributed by atoms with Gasteiger partial charge >= 0.3 is 11.9 Å². The molecule has 0 saturated heterocycles. The monoisotopic (exact) mass is 252 g/mol. The van der Waals surface area contributed by atoms with Crippen molar-refractivity contribution in [3.63, 3.8) is 0 Å². The van der Waals surface area contributed by atoms with Crippen LogP contribution in [0.15, 0.2) is 0 Å². The Morgan fingerprint density at radius 2 is 1.33 bits per heavy atom. The molecule has 4 fully saturated rings. The Balaban J connectivity index is 2.18. The summed E-state index contributed by atoms with van der Waals surface area (Å²) in [4.78, 5) is 47.1. The highest BCUT2D eigenvalue weighted by atomic mass is 16.4. The van der Waals surface area contributed by atoms with Crippen molar-refractivity contribution >= 4 is 23.5 Å². The fraction of sp³-hybridized carbons (Fsp3) is 0.667. The first-order chi connectivity index (χ1) is 8.33. The van der Waals surface area contributed by atoms with E-state index in [0.29, 0.717) is 6.42 Å². The van der Waals surface area contributed by atoms with Gasteiger partial charge in [0.2, 0.25) is 0 Å². The minimum atomic E-state index is -1.64. The molecule has 0 radical (unpaired) electrons. The number of aliphatic carboxylic acids is 2. The summed E-state index contributed by atoms with van der Waals surface area (Å²) >= 11 is 0. The molecule has 96 valence electrons. The number of ketones is 2. The second-order valence-electron chi connectivity index (χ2n) is 5.72. The molecule has 0 heterocycles. The maximum absolute atomic E-state index is 12.1. The van der Waals surface area contributed by atoms with Crippen molar-refractivity contribution < 1.29 is 29.4 Å². The van der Waals surface area contributed by atoms with E-state index in [-0.39, 0.29) is 30.8 Å². The summed E-state index contributed by atoms with van der Waals surface area (Å²) in [5.74, 6) is -4.48. The third kappa shape index (κ3) is 0.996. The van der Waals surface area contributed by atoms with Crippen LogP contribution in [0.2, 0.25) is 0 Å². The van der Waals surface area contributed by atoms with Gasteiger partial charge in [-0.15, -0.1) is 0 Å². The van der Waals surface area contributed by atoms with E-state index in [1.165, 1.54) is 0 Å². The highest BCUT2D eigenvalue weighted by molar-refractivity contribution is 6.15. The molecule has 18 heavy (non-hydrogen) atoms. The number of Topliss-reactive ketones (excluding diaryl/α,β-unsaturated/α-hetero) is 2. The molecule has 0 amide bonds. The molecule has 4 bridgehead atoms. The van der Waals surface area contributed by atoms with Gasteiger partial charge in [0.25, 0.3) is 0 Å². The normalized spacial score (nSPS) is 45.3. The topological polar surface area (TPSA) is 109 Å². The van der Waals surface area contributed by atoms with Gasteiger partial charge in [0.1, 0.15) is 10.8 Å². The molecule has 4 aliphatic rings. The van der Waals surface area contributed by atoms with Gasteiger partial charge < -0.3 is 10.2 Å². The summed E-state index contributed by atoms with van der Waals surface area (Å²) in [6.45, 7) is 0. The van der Waals surface area contributed by atoms with E-state index in [2.05, 4.69) is 0 Å². The van der Waals surface area contributed by atoms with Crippen molar-refractivity contribution in [2.45, 2.75) is 25.7 Å². The molecule has 0 spiro atoms. The zero-order valence-corrected chi connectivity index (χ0v) is 9.51. The number of rotatable bonds is 2. The van der Waals surface area contributed by atoms with Crippen molar-refractivity contribution in [2.75, 3.05) is 0 Å². The number of carboxylic acids is 2. The Kier molecular flexibility index (Phi) is 1.89. The van der Waals surface area contributed by atoms with Gasteiger partial charge in [0.15, 0.2) is 11.6 Å². The molecule has 4 aliphatic carbocycles. The molecular weight excluding hydrogens is 240 g/mol. The van der Waals surface area contributed by atoms with Crippen LogP contribution in [-0.2, 0) is 19.2 Å². The number of hydrogen-bond acceptors (Lipinski definition) is 4. The summed E-state index contributed by atoms with van der Waals surface area (Å²) in [5, 5.41) is 18.6. The lowest BCUT2D eigenvalue weighted by Crippen LogP contribution is -2.67. The van der Waals surface area contributed by atoms with Crippen LogP contribution in [0, 0.1) is 22.7 Å². The van der Waals surface area contributed by atoms with Crippen LogP contribution in [0.4, 0.5) is 0 Å². The lowest BCUT2D eigenvalue weighted by Gasteiger charge is -2.55. The van der Waals surface area contributed by atoms with Gasteiger partial charge in [-0.05, 0) is 25.7 Å². The van der Waals surface area contributed by atoms with Crippen molar-refractivity contribution in [3.05, 3.63) is 0 Å². The Bertz CT molecular complexity index is 465. The van der Waals surface area contributed by atoms with Gasteiger partial charge in [-0.3, -0.25) is 19.2 Å². The molecule has 4 rings (SSSR count). The van der Waals surface area contributed by atoms with Crippen LogP contribution in [0.5, 0.6) is 0 Å². The molecule has 4 atom stereocenters. The second-order valence-corrected chi connectivity index (χ2v) is 5.72. The lowest BCUT2D eigenvalue weighted by atomic mass is 9.43. The highest BCUT2D eigenvalue weighted by Crippen LogP contribution is 2.62. The average molecular weight is 252 g/mol. The van der Waals surface area contributed by atoms with E-state index in [9.17, 15) is 29.4 Å². The predicted octanol–water partition coefficient (Wildman–Crippen LogP) is 0.100. The average Bonchev–Trinajstić information content (AvgIpc) is 2.27. The van der Waals surface area contributed by atoms with E-state index in [1.807, 2.05) is 0 Å². The van der Waals surface area contributed by atoms with E-state index < -0.39 is 34.6 Å². The molecule has 0 unspecified atom stereocenters. The maximum atomic E-state index is 12.1. The van der Waals surface area contributed by atoms with Crippen LogP contribution in [-0.4, -0.2) is 33.7 Å². The molecule has 6 heteroatoms. The van der Waals surface area contributed by atoms with Crippen molar-refractivity contribution in [1.29, 1.82) is 0 Å². The number of carboxylic acid groups (broad SMARTS) is 2. The standard InChI is InChI=1S/C12H12O6/c13-7-5-1-6-3-12(7,10(17)18)4-11(2-5,8(6)14)9(15)16/h5-6H,1-4H2,(H,15,16)(H,17,18)/t5-,6+,11+,12-. The third-order valence-electron chi connectivity index (χ3n) is 4.87. The third-order valence-corrected chi connectivity index (χ3v) is 4.87. The zero-order chi connectivity index (χ0) is 13.3. The smallest absolute Gasteiger partial charge is 0.317 e. The Morgan fingerprint density at radius 1 is 0.944 bits per heavy atom. The van der Waals surface area contributed by atoms with Gasteiger partial charge in [-0.2, -0.15) is 0 Å². The fourth-order valence-electron chi connectivity index (χ4n) is 4.10. The predicted molar refractivity (Wildman–Crippen MR) is 55.6 cm³/mol. The van der Waals surface area contributed by atoms with E-state index >= 15 is 0 Å². The molecule has 6 nitrogen and oxygen atoms in total. The summed E-state index contributed by atoms with van der Waals surface area (Å²) in [6.07, 6.45) is -0.0892. The molecule has 4 saturated carbocycles. The van der Waals surface area contributed by atoms with Gasteiger partial charge in [0, 0.05) is 11.8 Å². The largest absolute Gasteiger partial charge is 0.480 e. The Labute approximate surface area is 102 Å². The summed E-state index contributed by atoms with van der Waals surface area (Å²) in [7, 11) is 0. The van der Waals surface area contributed by atoms with Crippen molar-refractivity contribution in [1.82, 2.24) is 0 Å². The quantitative estimate of drug-likeness (QED) is 0.674. The van der Waals surface area contributed by atoms with Gasteiger partial charge in [0.05, 0.1) is 0 Å². The number of carbonyl (C=O) groups excluding carboxylic acids is 2. The first-order valence-corrected chi connectivity index (χ1v) is 5.89. The molecular formula is C12H12O6. The van der Waals surface area contributed by atoms with Gasteiger partial charge in [-0.25, -0.2) is 0 Å². The molecule has 0 aromatic carbocycles. The molecule has 0 aliphatic heterocycles. The highest BCUT2D eigenvalue weighted by Gasteiger charge is 2.72. The van der Waals surface area contributed by atoms with E-state index in [1.54, 1.807) is 0 Å². The number of hydrogen-bond donors (Lipinski definition) is 2. The molecule has 0 aromatic rings. The minimum Gasteiger partial charge on any atom is -0.480 e. The first kappa shape index (κ1) is 11.4. The van der Waals surface area contributed by atoms with Gasteiger partial charge in [-0.1, -0.05) is 0 Å². The summed E-state index contributed by atoms with van der Waals surface area (Å²) in [5.41, 5.74) is -3.28. The van der Waals surface area contributed by atoms with Crippen molar-refractivity contribution in [2.24, 2.45) is 22.7 Å². The second kappa shape index (κ2) is 2.99. The molecule has 2 N–H and O–H groups in total. The zero-order valence-electron chi connectivity index (χ0n) is 9.51.